The predicted molar refractivity (Wildman–Crippen MR) is 183 cm³/mol. The van der Waals surface area contributed by atoms with E-state index < -0.39 is 8.07 Å². The average molecular weight is 664 g/mol. The van der Waals surface area contributed by atoms with Crippen LogP contribution in [0.5, 0.6) is 0 Å². The number of imidazole rings is 1. The van der Waals surface area contributed by atoms with Gasteiger partial charge in [-0.05, 0) is 65.8 Å². The summed E-state index contributed by atoms with van der Waals surface area (Å²) in [5.74, 6) is 1.07. The minimum atomic E-state index is -1.24. The Morgan fingerprint density at radius 3 is 2.42 bits per heavy atom. The summed E-state index contributed by atoms with van der Waals surface area (Å²) >= 11 is 12.8. The maximum atomic E-state index is 12.0. The number of carbonyl (C=O) groups is 1. The lowest BCUT2D eigenvalue weighted by atomic mass is 9.86. The molecule has 3 aromatic carbocycles. The average Bonchev–Trinajstić information content (AvgIpc) is 3.35. The van der Waals surface area contributed by atoms with E-state index in [9.17, 15) is 10.1 Å². The van der Waals surface area contributed by atoms with Crippen molar-refractivity contribution in [2.45, 2.75) is 64.9 Å². The van der Waals surface area contributed by atoms with Gasteiger partial charge in [0.25, 0.3) is 0 Å². The number of fused-ring (bicyclic) bond motifs is 1. The molecule has 1 aliphatic rings. The van der Waals surface area contributed by atoms with Gasteiger partial charge < -0.3 is 18.9 Å². The Hall–Kier alpha value is -3.19. The van der Waals surface area contributed by atoms with Gasteiger partial charge >= 0.3 is 0 Å². The second kappa shape index (κ2) is 14.5. The highest BCUT2D eigenvalue weighted by molar-refractivity contribution is 6.76. The molecule has 1 aliphatic heterocycles. The molecule has 5 rings (SSSR count). The van der Waals surface area contributed by atoms with E-state index in [2.05, 4.69) is 50.0 Å². The summed E-state index contributed by atoms with van der Waals surface area (Å²) in [6.07, 6.45) is 1.49. The van der Waals surface area contributed by atoms with Crippen LogP contribution < -0.4 is 0 Å². The molecule has 1 amide bonds. The van der Waals surface area contributed by atoms with Crippen LogP contribution >= 0.6 is 23.2 Å². The first-order valence-electron chi connectivity index (χ1n) is 15.4. The molecule has 0 N–H and O–H groups in total. The molecule has 0 radical (unpaired) electrons. The Morgan fingerprint density at radius 2 is 1.76 bits per heavy atom. The van der Waals surface area contributed by atoms with Gasteiger partial charge in [-0.15, -0.1) is 0 Å². The van der Waals surface area contributed by atoms with E-state index >= 15 is 0 Å². The van der Waals surface area contributed by atoms with Crippen LogP contribution in [0.3, 0.4) is 0 Å². The van der Waals surface area contributed by atoms with Crippen LogP contribution in [0.15, 0.2) is 60.7 Å². The number of benzene rings is 3. The first-order valence-corrected chi connectivity index (χ1v) is 19.9. The minimum Gasteiger partial charge on any atom is -0.365 e. The van der Waals surface area contributed by atoms with E-state index in [4.69, 9.17) is 37.7 Å². The number of halogens is 2. The number of hydrogen-bond donors (Lipinski definition) is 0. The fraction of sp³-hybridized carbons (Fsp3) is 0.400. The molecule has 0 spiro atoms. The lowest BCUT2D eigenvalue weighted by molar-refractivity contribution is -0.131. The van der Waals surface area contributed by atoms with Crippen molar-refractivity contribution >= 4 is 48.2 Å². The standard InChI is InChI=1S/C35H40Cl2N4O3Si/c1-24(42)40-14-12-28(13-15-40)35(27-10-8-26(9-11-27)29-7-5-6-25(18-29)21-38)44-22-34-39-32-19-30(36)31(37)20-33(32)41(34)23-43-16-17-45(2,3)4/h5-11,18-20,28,35H,12-17,22-23H2,1-4H3. The number of nitriles is 1. The third-order valence-electron chi connectivity index (χ3n) is 8.46. The van der Waals surface area contributed by atoms with Crippen molar-refractivity contribution in [1.82, 2.24) is 14.5 Å². The summed E-state index contributed by atoms with van der Waals surface area (Å²) in [5, 5.41) is 10.3. The summed E-state index contributed by atoms with van der Waals surface area (Å²) in [6, 6.07) is 22.9. The summed E-state index contributed by atoms with van der Waals surface area (Å²) in [7, 11) is -1.24. The SMILES string of the molecule is CC(=O)N1CCC(C(OCc2nc3cc(Cl)c(Cl)cc3n2COCC[Si](C)(C)C)c2ccc(-c3cccc(C#N)c3)cc2)CC1. The van der Waals surface area contributed by atoms with Gasteiger partial charge in [0.1, 0.15) is 19.2 Å². The van der Waals surface area contributed by atoms with Gasteiger partial charge in [0.15, 0.2) is 0 Å². The smallest absolute Gasteiger partial charge is 0.219 e. The van der Waals surface area contributed by atoms with Crippen LogP contribution in [0, 0.1) is 17.2 Å². The molecule has 1 fully saturated rings. The van der Waals surface area contributed by atoms with Crippen LogP contribution in [-0.2, 0) is 27.6 Å². The molecule has 1 unspecified atom stereocenters. The maximum Gasteiger partial charge on any atom is 0.219 e. The quantitative estimate of drug-likeness (QED) is 0.119. The predicted octanol–water partition coefficient (Wildman–Crippen LogP) is 8.71. The van der Waals surface area contributed by atoms with Gasteiger partial charge in [-0.25, -0.2) is 4.98 Å². The second-order valence-electron chi connectivity index (χ2n) is 12.9. The Balaban J connectivity index is 1.42. The van der Waals surface area contributed by atoms with E-state index in [1.165, 1.54) is 0 Å². The third kappa shape index (κ3) is 8.35. The van der Waals surface area contributed by atoms with Gasteiger partial charge in [0, 0.05) is 34.7 Å². The van der Waals surface area contributed by atoms with E-state index in [-0.39, 0.29) is 24.5 Å². The molecule has 0 aliphatic carbocycles. The number of amides is 1. The molecule has 2 heterocycles. The second-order valence-corrected chi connectivity index (χ2v) is 19.4. The zero-order valence-electron chi connectivity index (χ0n) is 26.4. The monoisotopic (exact) mass is 662 g/mol. The number of likely N-dealkylation sites (tertiary alicyclic amines) is 1. The number of carbonyl (C=O) groups excluding carboxylic acids is 1. The van der Waals surface area contributed by atoms with Crippen molar-refractivity contribution in [2.75, 3.05) is 19.7 Å². The molecule has 10 heteroatoms. The fourth-order valence-corrected chi connectivity index (χ4v) is 6.85. The number of aromatic nitrogens is 2. The van der Waals surface area contributed by atoms with Crippen molar-refractivity contribution in [3.63, 3.8) is 0 Å². The maximum absolute atomic E-state index is 12.0. The molecule has 0 saturated carbocycles. The zero-order chi connectivity index (χ0) is 32.1. The van der Waals surface area contributed by atoms with Crippen molar-refractivity contribution in [3.8, 4) is 17.2 Å². The molecular formula is C35H40Cl2N4O3Si. The Bertz CT molecular complexity index is 1690. The number of rotatable bonds is 11. The van der Waals surface area contributed by atoms with E-state index in [0.29, 0.717) is 42.0 Å². The van der Waals surface area contributed by atoms with Gasteiger partial charge in [0.05, 0.1) is 38.8 Å². The normalized spacial score (nSPS) is 14.9. The first kappa shape index (κ1) is 33.2. The fourth-order valence-electron chi connectivity index (χ4n) is 5.78. The van der Waals surface area contributed by atoms with Gasteiger partial charge in [-0.2, -0.15) is 5.26 Å². The van der Waals surface area contributed by atoms with Crippen molar-refractivity contribution in [1.29, 1.82) is 5.26 Å². The Morgan fingerprint density at radius 1 is 1.04 bits per heavy atom. The number of nitrogens with zero attached hydrogens (tertiary/aromatic N) is 4. The highest BCUT2D eigenvalue weighted by Gasteiger charge is 2.30. The van der Waals surface area contributed by atoms with Crippen LogP contribution in [0.25, 0.3) is 22.2 Å². The highest BCUT2D eigenvalue weighted by Crippen LogP contribution is 2.36. The summed E-state index contributed by atoms with van der Waals surface area (Å²) in [5.41, 5.74) is 5.32. The number of piperidine rings is 1. The minimum absolute atomic E-state index is 0.107. The van der Waals surface area contributed by atoms with Crippen LogP contribution in [0.2, 0.25) is 35.7 Å². The summed E-state index contributed by atoms with van der Waals surface area (Å²) in [4.78, 5) is 18.9. The first-order chi connectivity index (χ1) is 21.5. The highest BCUT2D eigenvalue weighted by atomic mass is 35.5. The molecule has 7 nitrogen and oxygen atoms in total. The van der Waals surface area contributed by atoms with Crippen molar-refractivity contribution < 1.29 is 14.3 Å². The number of ether oxygens (including phenoxy) is 2. The molecule has 1 saturated heterocycles. The molecule has 0 bridgehead atoms. The third-order valence-corrected chi connectivity index (χ3v) is 10.9. The Labute approximate surface area is 276 Å². The van der Waals surface area contributed by atoms with Crippen LogP contribution in [-0.4, -0.2) is 48.1 Å². The molecule has 4 aromatic rings. The summed E-state index contributed by atoms with van der Waals surface area (Å²) in [6.45, 7) is 11.3. The molecule has 45 heavy (non-hydrogen) atoms. The van der Waals surface area contributed by atoms with Crippen molar-refractivity contribution in [3.05, 3.63) is 87.7 Å². The van der Waals surface area contributed by atoms with Crippen LogP contribution in [0.4, 0.5) is 0 Å². The van der Waals surface area contributed by atoms with Gasteiger partial charge in [-0.3, -0.25) is 4.79 Å². The molecule has 1 aromatic heterocycles. The van der Waals surface area contributed by atoms with E-state index in [0.717, 1.165) is 52.4 Å². The van der Waals surface area contributed by atoms with Crippen LogP contribution in [0.1, 0.15) is 42.8 Å². The largest absolute Gasteiger partial charge is 0.365 e. The molecular weight excluding hydrogens is 623 g/mol. The summed E-state index contributed by atoms with van der Waals surface area (Å²) < 4.78 is 15.0. The van der Waals surface area contributed by atoms with Gasteiger partial charge in [-0.1, -0.05) is 79.2 Å². The number of hydrogen-bond acceptors (Lipinski definition) is 5. The lowest BCUT2D eigenvalue weighted by Crippen LogP contribution is -2.38. The van der Waals surface area contributed by atoms with Gasteiger partial charge in [0.2, 0.25) is 5.91 Å². The topological polar surface area (TPSA) is 80.4 Å². The Kier molecular flexibility index (Phi) is 10.7. The molecule has 236 valence electrons. The van der Waals surface area contributed by atoms with E-state index in [1.54, 1.807) is 13.0 Å². The molecule has 1 atom stereocenters. The van der Waals surface area contributed by atoms with Crippen molar-refractivity contribution in [2.24, 2.45) is 5.92 Å². The lowest BCUT2D eigenvalue weighted by Gasteiger charge is -2.36. The zero-order valence-corrected chi connectivity index (χ0v) is 28.9. The van der Waals surface area contributed by atoms with E-state index in [1.807, 2.05) is 39.8 Å².